The molecular weight excluding hydrogens is 312 g/mol. The zero-order chi connectivity index (χ0) is 18.5. The van der Waals surface area contributed by atoms with Gasteiger partial charge < -0.3 is 9.16 Å². The number of hydrogen-bond acceptors (Lipinski definition) is 2. The normalized spacial score (nSPS) is 14.4. The summed E-state index contributed by atoms with van der Waals surface area (Å²) >= 11 is 0. The molecule has 24 heavy (non-hydrogen) atoms. The summed E-state index contributed by atoms with van der Waals surface area (Å²) in [6.07, 6.45) is 4.47. The van der Waals surface area contributed by atoms with Crippen molar-refractivity contribution in [2.75, 3.05) is 13.7 Å². The van der Waals surface area contributed by atoms with Gasteiger partial charge in [-0.3, -0.25) is 0 Å². The van der Waals surface area contributed by atoms with Crippen molar-refractivity contribution in [3.63, 3.8) is 0 Å². The second-order valence-electron chi connectivity index (χ2n) is 8.51. The van der Waals surface area contributed by atoms with Crippen molar-refractivity contribution in [2.24, 2.45) is 5.92 Å². The fraction of sp³-hybridized carbons (Fsp3) is 0.619. The third-order valence-corrected chi connectivity index (χ3v) is 9.65. The van der Waals surface area contributed by atoms with Gasteiger partial charge in [-0.2, -0.15) is 0 Å². The van der Waals surface area contributed by atoms with Crippen molar-refractivity contribution < 1.29 is 9.16 Å². The van der Waals surface area contributed by atoms with E-state index >= 15 is 0 Å². The predicted molar refractivity (Wildman–Crippen MR) is 108 cm³/mol. The number of ether oxygens (including phenoxy) is 1. The minimum absolute atomic E-state index is 0.248. The van der Waals surface area contributed by atoms with Gasteiger partial charge in [0.1, 0.15) is 5.75 Å². The van der Waals surface area contributed by atoms with Gasteiger partial charge in [0.15, 0.2) is 8.32 Å². The summed E-state index contributed by atoms with van der Waals surface area (Å²) in [5.74, 6) is 1.81. The Bertz CT molecular complexity index is 553. The maximum absolute atomic E-state index is 6.26. The molecule has 0 fully saturated rings. The highest BCUT2D eigenvalue weighted by Crippen LogP contribution is 2.37. The fourth-order valence-corrected chi connectivity index (χ4v) is 3.42. The molecule has 0 N–H and O–H groups in total. The van der Waals surface area contributed by atoms with Gasteiger partial charge in [0.2, 0.25) is 0 Å². The lowest BCUT2D eigenvalue weighted by Crippen LogP contribution is -2.40. The van der Waals surface area contributed by atoms with E-state index in [-0.39, 0.29) is 5.04 Å². The van der Waals surface area contributed by atoms with E-state index in [1.165, 1.54) is 11.1 Å². The Labute approximate surface area is 150 Å². The van der Waals surface area contributed by atoms with Crippen LogP contribution >= 0.6 is 0 Å². The summed E-state index contributed by atoms with van der Waals surface area (Å²) in [4.78, 5) is 0. The fourth-order valence-electron chi connectivity index (χ4n) is 2.47. The second kappa shape index (κ2) is 8.35. The van der Waals surface area contributed by atoms with Crippen LogP contribution in [-0.4, -0.2) is 22.0 Å². The third kappa shape index (κ3) is 5.49. The number of hydrogen-bond donors (Lipinski definition) is 0. The molecule has 0 radical (unpaired) electrons. The van der Waals surface area contributed by atoms with E-state index in [0.717, 1.165) is 5.75 Å². The average Bonchev–Trinajstić information content (AvgIpc) is 2.45. The maximum atomic E-state index is 6.26. The van der Waals surface area contributed by atoms with Gasteiger partial charge in [0.05, 0.1) is 13.7 Å². The quantitative estimate of drug-likeness (QED) is 0.424. The Morgan fingerprint density at radius 2 is 1.79 bits per heavy atom. The summed E-state index contributed by atoms with van der Waals surface area (Å²) in [6.45, 7) is 18.7. The smallest absolute Gasteiger partial charge is 0.192 e. The summed E-state index contributed by atoms with van der Waals surface area (Å²) in [7, 11) is 0.0598. The maximum Gasteiger partial charge on any atom is 0.192 e. The molecule has 0 bridgehead atoms. The van der Waals surface area contributed by atoms with Crippen LogP contribution in [0.5, 0.6) is 5.75 Å². The van der Waals surface area contributed by atoms with Crippen LogP contribution < -0.4 is 4.74 Å². The molecule has 0 saturated heterocycles. The molecule has 0 heterocycles. The molecule has 1 aromatic carbocycles. The molecule has 0 saturated carbocycles. The van der Waals surface area contributed by atoms with Gasteiger partial charge in [0.25, 0.3) is 0 Å². The minimum Gasteiger partial charge on any atom is -0.496 e. The standard InChI is InChI=1S/C21H36O2Si/c1-16(2)18(19-15-17(3)12-13-20(19)22-7)11-10-14-23-24(8,9)21(4,5)6/h10-13,15-16,18H,14H2,1-9H3/b11-10+/t18-/m0/s1. The molecule has 0 amide bonds. The van der Waals surface area contributed by atoms with Crippen molar-refractivity contribution in [1.29, 1.82) is 0 Å². The van der Waals surface area contributed by atoms with Gasteiger partial charge in [0, 0.05) is 11.5 Å². The number of benzene rings is 1. The molecule has 136 valence electrons. The molecule has 0 aliphatic rings. The molecule has 1 atom stereocenters. The molecule has 0 aliphatic heterocycles. The highest BCUT2D eigenvalue weighted by molar-refractivity contribution is 6.74. The van der Waals surface area contributed by atoms with E-state index < -0.39 is 8.32 Å². The van der Waals surface area contributed by atoms with Crippen LogP contribution in [0, 0.1) is 12.8 Å². The lowest BCUT2D eigenvalue weighted by atomic mass is 9.86. The number of rotatable bonds is 7. The van der Waals surface area contributed by atoms with Crippen LogP contribution in [0.1, 0.15) is 51.7 Å². The first-order valence-corrected chi connectivity index (χ1v) is 11.9. The topological polar surface area (TPSA) is 18.5 Å². The summed E-state index contributed by atoms with van der Waals surface area (Å²) in [5, 5.41) is 0.248. The van der Waals surface area contributed by atoms with Gasteiger partial charge in [-0.15, -0.1) is 0 Å². The van der Waals surface area contributed by atoms with Crippen molar-refractivity contribution >= 4 is 8.32 Å². The molecule has 0 spiro atoms. The molecule has 0 aromatic heterocycles. The monoisotopic (exact) mass is 348 g/mol. The van der Waals surface area contributed by atoms with Crippen molar-refractivity contribution in [2.45, 2.75) is 65.6 Å². The molecular formula is C21H36O2Si. The first-order valence-electron chi connectivity index (χ1n) is 8.94. The highest BCUT2D eigenvalue weighted by atomic mass is 28.4. The van der Waals surface area contributed by atoms with E-state index in [1.807, 2.05) is 0 Å². The van der Waals surface area contributed by atoms with Crippen molar-refractivity contribution in [1.82, 2.24) is 0 Å². The van der Waals surface area contributed by atoms with Gasteiger partial charge in [-0.05, 0) is 37.0 Å². The predicted octanol–water partition coefficient (Wildman–Crippen LogP) is 6.32. The highest BCUT2D eigenvalue weighted by Gasteiger charge is 2.36. The summed E-state index contributed by atoms with van der Waals surface area (Å²) in [6, 6.07) is 6.41. The van der Waals surface area contributed by atoms with Crippen LogP contribution in [0.2, 0.25) is 18.1 Å². The second-order valence-corrected chi connectivity index (χ2v) is 13.3. The zero-order valence-electron chi connectivity index (χ0n) is 17.1. The number of methoxy groups -OCH3 is 1. The Morgan fingerprint density at radius 3 is 2.29 bits per heavy atom. The van der Waals surface area contributed by atoms with E-state index in [0.29, 0.717) is 18.4 Å². The molecule has 2 nitrogen and oxygen atoms in total. The van der Waals surface area contributed by atoms with Crippen LogP contribution in [-0.2, 0) is 4.43 Å². The first-order chi connectivity index (χ1) is 11.0. The Hall–Kier alpha value is -1.06. The van der Waals surface area contributed by atoms with Crippen LogP contribution in [0.3, 0.4) is 0 Å². The Kier molecular flexibility index (Phi) is 7.30. The SMILES string of the molecule is COc1ccc(C)cc1[C@@H](/C=C/CO[Si](C)(C)C(C)(C)C)C(C)C. The lowest BCUT2D eigenvalue weighted by molar-refractivity contribution is 0.327. The van der Waals surface area contributed by atoms with E-state index in [4.69, 9.17) is 9.16 Å². The molecule has 3 heteroatoms. The average molecular weight is 349 g/mol. The van der Waals surface area contributed by atoms with E-state index in [9.17, 15) is 0 Å². The molecule has 0 aliphatic carbocycles. The Balaban J connectivity index is 2.90. The van der Waals surface area contributed by atoms with Gasteiger partial charge in [-0.1, -0.05) is 64.5 Å². The molecule has 1 rings (SSSR count). The van der Waals surface area contributed by atoms with Crippen LogP contribution in [0.25, 0.3) is 0 Å². The third-order valence-electron chi connectivity index (χ3n) is 5.15. The number of allylic oxidation sites excluding steroid dienone is 1. The van der Waals surface area contributed by atoms with Crippen molar-refractivity contribution in [3.05, 3.63) is 41.5 Å². The lowest BCUT2D eigenvalue weighted by Gasteiger charge is -2.35. The largest absolute Gasteiger partial charge is 0.496 e. The first kappa shape index (κ1) is 21.0. The van der Waals surface area contributed by atoms with E-state index in [2.05, 4.69) is 85.0 Å². The van der Waals surface area contributed by atoms with Crippen molar-refractivity contribution in [3.8, 4) is 5.75 Å². The summed E-state index contributed by atoms with van der Waals surface area (Å²) < 4.78 is 11.8. The Morgan fingerprint density at radius 1 is 1.17 bits per heavy atom. The minimum atomic E-state index is -1.69. The van der Waals surface area contributed by atoms with Crippen LogP contribution in [0.4, 0.5) is 0 Å². The molecule has 0 unspecified atom stereocenters. The van der Waals surface area contributed by atoms with E-state index in [1.54, 1.807) is 7.11 Å². The van der Waals surface area contributed by atoms with Gasteiger partial charge >= 0.3 is 0 Å². The molecule has 1 aromatic rings. The number of aryl methyl sites for hydroxylation is 1. The summed E-state index contributed by atoms with van der Waals surface area (Å²) in [5.41, 5.74) is 2.53. The zero-order valence-corrected chi connectivity index (χ0v) is 18.1. The van der Waals surface area contributed by atoms with Crippen LogP contribution in [0.15, 0.2) is 30.4 Å². The van der Waals surface area contributed by atoms with Gasteiger partial charge in [-0.25, -0.2) is 0 Å².